The molecule has 0 unspecified atom stereocenters. The number of benzene rings is 1. The van der Waals surface area contributed by atoms with Crippen molar-refractivity contribution in [1.29, 1.82) is 0 Å². The van der Waals surface area contributed by atoms with Gasteiger partial charge in [-0.3, -0.25) is 0 Å². The zero-order valence-electron chi connectivity index (χ0n) is 10.1. The number of rotatable bonds is 5. The standard InChI is InChI=1S/C11H13BrF3NO2S/c1-19(17,18)6-2-5-16-8-3-4-10(12)9(7-8)11(13,14)15/h3-4,7,16H,2,5-6H2,1H3. The molecule has 0 aliphatic carbocycles. The number of nitrogens with one attached hydrogen (secondary N) is 1. The minimum absolute atomic E-state index is 0.00263. The van der Waals surface area contributed by atoms with Gasteiger partial charge in [0.1, 0.15) is 9.84 Å². The molecular formula is C11H13BrF3NO2S. The Morgan fingerprint density at radius 2 is 1.95 bits per heavy atom. The van der Waals surface area contributed by atoms with Crippen LogP contribution in [0.2, 0.25) is 0 Å². The fraction of sp³-hybridized carbons (Fsp3) is 0.455. The molecule has 1 rings (SSSR count). The van der Waals surface area contributed by atoms with Crippen molar-refractivity contribution in [3.05, 3.63) is 28.2 Å². The van der Waals surface area contributed by atoms with Crippen LogP contribution in [0.5, 0.6) is 0 Å². The molecule has 0 spiro atoms. The van der Waals surface area contributed by atoms with Gasteiger partial charge in [0, 0.05) is 23.0 Å². The molecule has 0 radical (unpaired) electrons. The number of sulfone groups is 1. The molecule has 19 heavy (non-hydrogen) atoms. The highest BCUT2D eigenvalue weighted by atomic mass is 79.9. The Bertz CT molecular complexity index is 543. The molecule has 8 heteroatoms. The third-order valence-electron chi connectivity index (χ3n) is 2.29. The van der Waals surface area contributed by atoms with Crippen molar-refractivity contribution in [2.24, 2.45) is 0 Å². The van der Waals surface area contributed by atoms with E-state index in [2.05, 4.69) is 21.2 Å². The summed E-state index contributed by atoms with van der Waals surface area (Å²) in [5, 5.41) is 2.77. The van der Waals surface area contributed by atoms with Gasteiger partial charge in [-0.05, 0) is 24.6 Å². The summed E-state index contributed by atoms with van der Waals surface area (Å²) >= 11 is 2.85. The van der Waals surface area contributed by atoms with E-state index < -0.39 is 21.6 Å². The molecule has 0 heterocycles. The maximum Gasteiger partial charge on any atom is 0.417 e. The Balaban J connectivity index is 2.66. The minimum Gasteiger partial charge on any atom is -0.385 e. The Labute approximate surface area is 118 Å². The molecule has 0 atom stereocenters. The highest BCUT2D eigenvalue weighted by Gasteiger charge is 2.33. The first-order chi connectivity index (χ1) is 8.59. The molecule has 1 N–H and O–H groups in total. The molecule has 0 aromatic heterocycles. The highest BCUT2D eigenvalue weighted by Crippen LogP contribution is 2.36. The van der Waals surface area contributed by atoms with Crippen LogP contribution in [-0.4, -0.2) is 27.0 Å². The van der Waals surface area contributed by atoms with E-state index in [1.165, 1.54) is 12.1 Å². The number of anilines is 1. The molecule has 1 aromatic rings. The summed E-state index contributed by atoms with van der Waals surface area (Å²) < 4.78 is 59.7. The van der Waals surface area contributed by atoms with Crippen LogP contribution in [0.25, 0.3) is 0 Å². The van der Waals surface area contributed by atoms with Gasteiger partial charge in [0.05, 0.1) is 11.3 Å². The topological polar surface area (TPSA) is 46.2 Å². The number of hydrogen-bond acceptors (Lipinski definition) is 3. The van der Waals surface area contributed by atoms with Crippen molar-refractivity contribution in [2.75, 3.05) is 23.9 Å². The summed E-state index contributed by atoms with van der Waals surface area (Å²) in [4.78, 5) is 0. The summed E-state index contributed by atoms with van der Waals surface area (Å²) in [6.07, 6.45) is -2.96. The normalized spacial score (nSPS) is 12.5. The maximum absolute atomic E-state index is 12.6. The second-order valence-corrected chi connectivity index (χ2v) is 7.22. The third-order valence-corrected chi connectivity index (χ3v) is 4.01. The first-order valence-corrected chi connectivity index (χ1v) is 8.23. The van der Waals surface area contributed by atoms with Gasteiger partial charge in [-0.2, -0.15) is 13.2 Å². The molecule has 0 amide bonds. The first kappa shape index (κ1) is 16.3. The quantitative estimate of drug-likeness (QED) is 0.820. The van der Waals surface area contributed by atoms with Crippen molar-refractivity contribution in [3.8, 4) is 0 Å². The third kappa shape index (κ3) is 5.82. The van der Waals surface area contributed by atoms with E-state index in [1.54, 1.807) is 0 Å². The fourth-order valence-corrected chi connectivity index (χ4v) is 2.56. The molecule has 108 valence electrons. The molecule has 3 nitrogen and oxygen atoms in total. The van der Waals surface area contributed by atoms with E-state index in [0.29, 0.717) is 18.7 Å². The van der Waals surface area contributed by atoms with E-state index in [4.69, 9.17) is 0 Å². The van der Waals surface area contributed by atoms with Gasteiger partial charge in [-0.25, -0.2) is 8.42 Å². The van der Waals surface area contributed by atoms with Crippen LogP contribution in [0.4, 0.5) is 18.9 Å². The van der Waals surface area contributed by atoms with Crippen LogP contribution in [-0.2, 0) is 16.0 Å². The van der Waals surface area contributed by atoms with E-state index in [9.17, 15) is 21.6 Å². The molecular weight excluding hydrogens is 347 g/mol. The Kier molecular flexibility index (Phi) is 5.26. The molecule has 0 fully saturated rings. The van der Waals surface area contributed by atoms with Gasteiger partial charge in [-0.15, -0.1) is 0 Å². The van der Waals surface area contributed by atoms with Gasteiger partial charge in [0.2, 0.25) is 0 Å². The summed E-state index contributed by atoms with van der Waals surface area (Å²) in [5.74, 6) is 0.00263. The molecule has 1 aromatic carbocycles. The average Bonchev–Trinajstić information content (AvgIpc) is 2.23. The minimum atomic E-state index is -4.43. The zero-order chi connectivity index (χ0) is 14.7. The summed E-state index contributed by atoms with van der Waals surface area (Å²) in [7, 11) is -3.04. The van der Waals surface area contributed by atoms with E-state index >= 15 is 0 Å². The lowest BCUT2D eigenvalue weighted by Gasteiger charge is -2.12. The van der Waals surface area contributed by atoms with Crippen molar-refractivity contribution < 1.29 is 21.6 Å². The highest BCUT2D eigenvalue weighted by molar-refractivity contribution is 9.10. The lowest BCUT2D eigenvalue weighted by Crippen LogP contribution is -2.11. The number of alkyl halides is 3. The SMILES string of the molecule is CS(=O)(=O)CCCNc1ccc(Br)c(C(F)(F)F)c1. The van der Waals surface area contributed by atoms with Gasteiger partial charge in [0.25, 0.3) is 0 Å². The van der Waals surface area contributed by atoms with E-state index in [-0.39, 0.29) is 10.2 Å². The molecule has 0 saturated heterocycles. The number of hydrogen-bond donors (Lipinski definition) is 1. The summed E-state index contributed by atoms with van der Waals surface area (Å²) in [6, 6.07) is 3.80. The fourth-order valence-electron chi connectivity index (χ4n) is 1.42. The predicted molar refractivity (Wildman–Crippen MR) is 72.0 cm³/mol. The van der Waals surface area contributed by atoms with Gasteiger partial charge < -0.3 is 5.32 Å². The molecule has 0 bridgehead atoms. The lowest BCUT2D eigenvalue weighted by molar-refractivity contribution is -0.138. The zero-order valence-corrected chi connectivity index (χ0v) is 12.5. The summed E-state index contributed by atoms with van der Waals surface area (Å²) in [5.41, 5.74) is -0.454. The van der Waals surface area contributed by atoms with E-state index in [0.717, 1.165) is 12.3 Å². The number of halogens is 4. The van der Waals surface area contributed by atoms with Crippen LogP contribution in [0.3, 0.4) is 0 Å². The molecule has 0 aliphatic rings. The summed E-state index contributed by atoms with van der Waals surface area (Å²) in [6.45, 7) is 0.298. The largest absolute Gasteiger partial charge is 0.417 e. The van der Waals surface area contributed by atoms with Crippen molar-refractivity contribution in [2.45, 2.75) is 12.6 Å². The molecule has 0 aliphatic heterocycles. The van der Waals surface area contributed by atoms with Crippen LogP contribution < -0.4 is 5.32 Å². The van der Waals surface area contributed by atoms with Crippen LogP contribution in [0, 0.1) is 0 Å². The van der Waals surface area contributed by atoms with Gasteiger partial charge in [0.15, 0.2) is 0 Å². The van der Waals surface area contributed by atoms with Crippen molar-refractivity contribution in [3.63, 3.8) is 0 Å². The maximum atomic E-state index is 12.6. The second-order valence-electron chi connectivity index (χ2n) is 4.10. The van der Waals surface area contributed by atoms with Crippen molar-refractivity contribution in [1.82, 2.24) is 0 Å². The smallest absolute Gasteiger partial charge is 0.385 e. The first-order valence-electron chi connectivity index (χ1n) is 5.38. The lowest BCUT2D eigenvalue weighted by atomic mass is 10.2. The van der Waals surface area contributed by atoms with Gasteiger partial charge >= 0.3 is 6.18 Å². The Hall–Kier alpha value is -0.760. The Morgan fingerprint density at radius 3 is 2.47 bits per heavy atom. The average molecular weight is 360 g/mol. The molecule has 0 saturated carbocycles. The van der Waals surface area contributed by atoms with Crippen LogP contribution in [0.15, 0.2) is 22.7 Å². The van der Waals surface area contributed by atoms with Crippen LogP contribution in [0.1, 0.15) is 12.0 Å². The van der Waals surface area contributed by atoms with E-state index in [1.807, 2.05) is 0 Å². The van der Waals surface area contributed by atoms with Crippen LogP contribution >= 0.6 is 15.9 Å². The predicted octanol–water partition coefficient (Wildman–Crippen LogP) is 3.31. The monoisotopic (exact) mass is 359 g/mol. The van der Waals surface area contributed by atoms with Gasteiger partial charge in [-0.1, -0.05) is 15.9 Å². The Morgan fingerprint density at radius 1 is 1.32 bits per heavy atom. The van der Waals surface area contributed by atoms with Crippen molar-refractivity contribution >= 4 is 31.5 Å². The second kappa shape index (κ2) is 6.13.